The van der Waals surface area contributed by atoms with Crippen molar-refractivity contribution >= 4 is 23.4 Å². The summed E-state index contributed by atoms with van der Waals surface area (Å²) >= 11 is 0. The van der Waals surface area contributed by atoms with Crippen LogP contribution >= 0.6 is 0 Å². The van der Waals surface area contributed by atoms with Gasteiger partial charge >= 0.3 is 12.4 Å². The fourth-order valence-electron chi connectivity index (χ4n) is 3.56. The first-order valence-electron chi connectivity index (χ1n) is 11.6. The summed E-state index contributed by atoms with van der Waals surface area (Å²) in [6, 6.07) is 19.1. The van der Waals surface area contributed by atoms with Crippen LogP contribution in [0.3, 0.4) is 0 Å². The summed E-state index contributed by atoms with van der Waals surface area (Å²) in [7, 11) is 0. The van der Waals surface area contributed by atoms with Gasteiger partial charge in [0.2, 0.25) is 5.96 Å². The number of para-hydroxylation sites is 1. The van der Waals surface area contributed by atoms with Crippen LogP contribution < -0.4 is 21.1 Å². The topological polar surface area (TPSA) is 119 Å². The van der Waals surface area contributed by atoms with E-state index < -0.39 is 12.4 Å². The van der Waals surface area contributed by atoms with Gasteiger partial charge in [-0.15, -0.1) is 18.3 Å². The predicted molar refractivity (Wildman–Crippen MR) is 137 cm³/mol. The van der Waals surface area contributed by atoms with Gasteiger partial charge in [0.25, 0.3) is 0 Å². The third-order valence-electron chi connectivity index (χ3n) is 5.22. The summed E-state index contributed by atoms with van der Waals surface area (Å²) in [6.45, 7) is 2.07. The number of guanidine groups is 1. The minimum atomic E-state index is -4.76. The molecule has 196 valence electrons. The van der Waals surface area contributed by atoms with Crippen molar-refractivity contribution in [2.45, 2.75) is 26.1 Å². The number of ether oxygens (including phenoxy) is 1. The first kappa shape index (κ1) is 26.2. The maximum atomic E-state index is 12.4. The molecule has 0 bridgehead atoms. The Labute approximate surface area is 216 Å². The molecule has 0 unspecified atom stereocenters. The van der Waals surface area contributed by atoms with E-state index in [9.17, 15) is 18.0 Å². The number of benzene rings is 3. The van der Waals surface area contributed by atoms with Gasteiger partial charge in [-0.25, -0.2) is 19.5 Å². The van der Waals surface area contributed by atoms with Crippen LogP contribution in [0.25, 0.3) is 17.1 Å². The lowest BCUT2D eigenvalue weighted by molar-refractivity contribution is -0.274. The monoisotopic (exact) mass is 523 g/mol. The number of anilines is 1. The number of halogens is 3. The number of rotatable bonds is 7. The Kier molecular flexibility index (Phi) is 7.90. The molecule has 0 spiro atoms. The van der Waals surface area contributed by atoms with E-state index in [2.05, 4.69) is 37.4 Å². The third kappa shape index (κ3) is 7.09. The van der Waals surface area contributed by atoms with Crippen LogP contribution in [0.1, 0.15) is 18.9 Å². The van der Waals surface area contributed by atoms with E-state index in [-0.39, 0.29) is 11.7 Å². The molecule has 38 heavy (non-hydrogen) atoms. The quantitative estimate of drug-likeness (QED) is 0.217. The molecule has 0 aliphatic carbocycles. The molecule has 3 aromatic carbocycles. The van der Waals surface area contributed by atoms with Gasteiger partial charge in [0, 0.05) is 11.3 Å². The van der Waals surface area contributed by atoms with Crippen LogP contribution in [0.5, 0.6) is 5.75 Å². The molecule has 0 atom stereocenters. The average molecular weight is 524 g/mol. The van der Waals surface area contributed by atoms with Crippen LogP contribution in [0, 0.1) is 0 Å². The molecule has 4 N–H and O–H groups in total. The zero-order chi connectivity index (χ0) is 27.1. The number of hydrogen-bond donors (Lipinski definition) is 3. The maximum Gasteiger partial charge on any atom is 0.573 e. The van der Waals surface area contributed by atoms with Gasteiger partial charge < -0.3 is 15.8 Å². The number of carbonyl (C=O) groups excluding carboxylic acids is 1. The Morgan fingerprint density at radius 1 is 1.05 bits per heavy atom. The zero-order valence-electron chi connectivity index (χ0n) is 20.2. The number of nitrogens with one attached hydrogen (secondary N) is 2. The summed E-state index contributed by atoms with van der Waals surface area (Å²) < 4.78 is 42.3. The van der Waals surface area contributed by atoms with Crippen molar-refractivity contribution in [2.75, 3.05) is 5.32 Å². The number of carbonyl (C=O) groups is 1. The third-order valence-corrected chi connectivity index (χ3v) is 5.22. The molecular formula is C26H24F3N7O2. The van der Waals surface area contributed by atoms with Crippen molar-refractivity contribution in [1.29, 1.82) is 0 Å². The molecular weight excluding hydrogens is 499 g/mol. The summed E-state index contributed by atoms with van der Waals surface area (Å²) in [5.74, 6) is 0.0252. The van der Waals surface area contributed by atoms with Crippen molar-refractivity contribution in [3.05, 3.63) is 84.7 Å². The van der Waals surface area contributed by atoms with Crippen molar-refractivity contribution in [3.63, 3.8) is 0 Å². The average Bonchev–Trinajstić information content (AvgIpc) is 3.35. The van der Waals surface area contributed by atoms with Gasteiger partial charge in [-0.3, -0.25) is 5.32 Å². The molecule has 1 heterocycles. The number of alkyl halides is 3. The van der Waals surface area contributed by atoms with Crippen LogP contribution in [-0.4, -0.2) is 33.1 Å². The van der Waals surface area contributed by atoms with Crippen LogP contribution in [-0.2, 0) is 6.42 Å². The molecule has 0 fully saturated rings. The van der Waals surface area contributed by atoms with E-state index in [4.69, 9.17) is 5.73 Å². The van der Waals surface area contributed by atoms with Gasteiger partial charge in [-0.2, -0.15) is 0 Å². The van der Waals surface area contributed by atoms with Crippen molar-refractivity contribution in [3.8, 4) is 22.8 Å². The largest absolute Gasteiger partial charge is 0.573 e. The highest BCUT2D eigenvalue weighted by atomic mass is 19.4. The number of aliphatic imine (C=N–C) groups is 1. The number of aryl methyl sites for hydroxylation is 1. The number of nitrogens with zero attached hydrogens (tertiary/aromatic N) is 4. The number of urea groups is 1. The lowest BCUT2D eigenvalue weighted by atomic mass is 10.1. The second-order valence-electron chi connectivity index (χ2n) is 8.09. The summed E-state index contributed by atoms with van der Waals surface area (Å²) in [6.07, 6.45) is -1.51. The highest BCUT2D eigenvalue weighted by molar-refractivity contribution is 6.02. The molecule has 0 saturated carbocycles. The minimum absolute atomic E-state index is 0.0320. The van der Waals surface area contributed by atoms with Crippen LogP contribution in [0.15, 0.2) is 84.1 Å². The van der Waals surface area contributed by atoms with Gasteiger partial charge in [0.1, 0.15) is 12.1 Å². The molecule has 0 aliphatic rings. The highest BCUT2D eigenvalue weighted by Gasteiger charge is 2.31. The van der Waals surface area contributed by atoms with E-state index in [1.165, 1.54) is 35.3 Å². The number of hydrogen-bond acceptors (Lipinski definition) is 5. The highest BCUT2D eigenvalue weighted by Crippen LogP contribution is 2.24. The molecule has 0 radical (unpaired) electrons. The molecule has 0 saturated heterocycles. The van der Waals surface area contributed by atoms with Crippen molar-refractivity contribution in [2.24, 2.45) is 10.7 Å². The summed E-state index contributed by atoms with van der Waals surface area (Å²) in [5, 5.41) is 9.54. The van der Waals surface area contributed by atoms with E-state index in [0.29, 0.717) is 28.5 Å². The standard InChI is InChI=1S/C26H24F3N7O2/c1-2-5-17-6-3-4-7-22(17)33-24(30)34-25(37)32-19-10-8-18(9-11-19)23-31-16-36(35-23)20-12-14-21(15-13-20)38-26(27,28)29/h3-4,6-16H,2,5H2,1H3,(H4,30,32,33,34,37). The number of aromatic nitrogens is 3. The molecule has 9 nitrogen and oxygen atoms in total. The molecule has 2 amide bonds. The zero-order valence-corrected chi connectivity index (χ0v) is 20.2. The number of amides is 2. The van der Waals surface area contributed by atoms with Crippen LogP contribution in [0.4, 0.5) is 29.3 Å². The SMILES string of the molecule is CCCc1ccccc1N=C(N)NC(=O)Nc1ccc(-c2ncn(-c3ccc(OC(F)(F)F)cc3)n2)cc1. The van der Waals surface area contributed by atoms with Crippen molar-refractivity contribution < 1.29 is 22.7 Å². The Morgan fingerprint density at radius 3 is 2.45 bits per heavy atom. The normalized spacial score (nSPS) is 11.7. The van der Waals surface area contributed by atoms with E-state index >= 15 is 0 Å². The van der Waals surface area contributed by atoms with Gasteiger partial charge in [-0.1, -0.05) is 31.5 Å². The van der Waals surface area contributed by atoms with E-state index in [1.807, 2.05) is 24.3 Å². The van der Waals surface area contributed by atoms with Gasteiger partial charge in [0.05, 0.1) is 11.4 Å². The van der Waals surface area contributed by atoms with Crippen LogP contribution in [0.2, 0.25) is 0 Å². The maximum absolute atomic E-state index is 12.4. The summed E-state index contributed by atoms with van der Waals surface area (Å²) in [5.41, 5.74) is 9.33. The fraction of sp³-hybridized carbons (Fsp3) is 0.154. The Hall–Kier alpha value is -4.87. The smallest absolute Gasteiger partial charge is 0.406 e. The molecule has 12 heteroatoms. The lowest BCUT2D eigenvalue weighted by Gasteiger charge is -2.09. The Morgan fingerprint density at radius 2 is 1.76 bits per heavy atom. The van der Waals surface area contributed by atoms with Gasteiger partial charge in [-0.05, 0) is 66.6 Å². The Balaban J connectivity index is 1.36. The van der Waals surface area contributed by atoms with E-state index in [0.717, 1.165) is 18.4 Å². The second kappa shape index (κ2) is 11.5. The van der Waals surface area contributed by atoms with Gasteiger partial charge in [0.15, 0.2) is 5.82 Å². The fourth-order valence-corrected chi connectivity index (χ4v) is 3.56. The minimum Gasteiger partial charge on any atom is -0.406 e. The van der Waals surface area contributed by atoms with Crippen molar-refractivity contribution in [1.82, 2.24) is 20.1 Å². The molecule has 1 aromatic heterocycles. The first-order chi connectivity index (χ1) is 18.2. The molecule has 4 aromatic rings. The number of nitrogens with two attached hydrogens (primary N) is 1. The Bertz CT molecular complexity index is 1420. The first-order valence-corrected chi connectivity index (χ1v) is 11.6. The second-order valence-corrected chi connectivity index (χ2v) is 8.09. The molecule has 4 rings (SSSR count). The molecule has 0 aliphatic heterocycles. The predicted octanol–water partition coefficient (Wildman–Crippen LogP) is 5.55. The van der Waals surface area contributed by atoms with E-state index in [1.54, 1.807) is 24.3 Å². The summed E-state index contributed by atoms with van der Waals surface area (Å²) in [4.78, 5) is 20.9. The lowest BCUT2D eigenvalue weighted by Crippen LogP contribution is -2.39.